The number of esters is 1. The fraction of sp³-hybridized carbons (Fsp3) is 0.556. The highest BCUT2D eigenvalue weighted by molar-refractivity contribution is 5.83. The van der Waals surface area contributed by atoms with Crippen LogP contribution < -0.4 is 0 Å². The molecule has 3 heteroatoms. The van der Waals surface area contributed by atoms with Crippen LogP contribution in [0.2, 0.25) is 0 Å². The summed E-state index contributed by atoms with van der Waals surface area (Å²) in [6, 6.07) is 10.3. The van der Waals surface area contributed by atoms with Crippen LogP contribution >= 0.6 is 0 Å². The molecule has 0 aromatic heterocycles. The molecule has 3 nitrogen and oxygen atoms in total. The smallest absolute Gasteiger partial charge is 0.305 e. The fourth-order valence-electron chi connectivity index (χ4n) is 3.30. The number of ketones is 1. The normalized spacial score (nSPS) is 22.0. The van der Waals surface area contributed by atoms with E-state index in [-0.39, 0.29) is 17.8 Å². The molecule has 0 saturated heterocycles. The van der Waals surface area contributed by atoms with E-state index in [0.717, 1.165) is 32.1 Å². The zero-order valence-electron chi connectivity index (χ0n) is 12.7. The fourth-order valence-corrected chi connectivity index (χ4v) is 3.30. The van der Waals surface area contributed by atoms with E-state index in [4.69, 9.17) is 4.74 Å². The summed E-state index contributed by atoms with van der Waals surface area (Å²) < 4.78 is 4.76. The Kier molecular flexibility index (Phi) is 5.97. The van der Waals surface area contributed by atoms with Crippen molar-refractivity contribution in [1.29, 1.82) is 0 Å². The van der Waals surface area contributed by atoms with Crippen LogP contribution in [0.1, 0.15) is 44.1 Å². The minimum Gasteiger partial charge on any atom is -0.469 e. The average molecular weight is 288 g/mol. The number of carbonyl (C=O) groups excluding carboxylic acids is 2. The third-order valence-corrected chi connectivity index (χ3v) is 4.46. The van der Waals surface area contributed by atoms with Crippen molar-refractivity contribution in [2.45, 2.75) is 44.9 Å². The van der Waals surface area contributed by atoms with Crippen molar-refractivity contribution in [2.24, 2.45) is 11.8 Å². The number of Topliss-reactive ketones (excluding diaryl/α,β-unsaturated/α-hetero) is 1. The van der Waals surface area contributed by atoms with E-state index in [1.54, 1.807) is 0 Å². The minimum atomic E-state index is -0.192. The van der Waals surface area contributed by atoms with Crippen LogP contribution in [-0.2, 0) is 20.7 Å². The Hall–Kier alpha value is -1.64. The first-order valence-corrected chi connectivity index (χ1v) is 7.84. The van der Waals surface area contributed by atoms with Crippen molar-refractivity contribution in [3.05, 3.63) is 35.9 Å². The quantitative estimate of drug-likeness (QED) is 0.752. The lowest BCUT2D eigenvalue weighted by molar-refractivity contribution is -0.143. The lowest BCUT2D eigenvalue weighted by atomic mass is 9.74. The summed E-state index contributed by atoms with van der Waals surface area (Å²) in [5, 5.41) is 0. The molecular weight excluding hydrogens is 264 g/mol. The summed E-state index contributed by atoms with van der Waals surface area (Å²) >= 11 is 0. The number of ether oxygens (including phenoxy) is 1. The molecule has 0 bridgehead atoms. The summed E-state index contributed by atoms with van der Waals surface area (Å²) in [4.78, 5) is 23.7. The number of benzene rings is 1. The highest BCUT2D eigenvalue weighted by Gasteiger charge is 2.32. The molecule has 0 N–H and O–H groups in total. The molecule has 1 fully saturated rings. The van der Waals surface area contributed by atoms with E-state index in [0.29, 0.717) is 18.6 Å². The maximum atomic E-state index is 12.2. The van der Waals surface area contributed by atoms with Crippen LogP contribution in [0.15, 0.2) is 30.3 Å². The van der Waals surface area contributed by atoms with Crippen molar-refractivity contribution >= 4 is 11.8 Å². The molecule has 21 heavy (non-hydrogen) atoms. The van der Waals surface area contributed by atoms with Crippen molar-refractivity contribution in [3.8, 4) is 0 Å². The molecule has 1 saturated carbocycles. The van der Waals surface area contributed by atoms with Gasteiger partial charge in [-0.1, -0.05) is 30.3 Å². The van der Waals surface area contributed by atoms with Gasteiger partial charge in [-0.25, -0.2) is 0 Å². The highest BCUT2D eigenvalue weighted by atomic mass is 16.5. The number of hydrogen-bond donors (Lipinski definition) is 0. The molecule has 1 aromatic carbocycles. The molecule has 0 aliphatic heterocycles. The van der Waals surface area contributed by atoms with Gasteiger partial charge < -0.3 is 4.74 Å². The summed E-state index contributed by atoms with van der Waals surface area (Å²) in [6.07, 6.45) is 5.82. The summed E-state index contributed by atoms with van der Waals surface area (Å²) in [7, 11) is 1.41. The second kappa shape index (κ2) is 7.96. The van der Waals surface area contributed by atoms with Gasteiger partial charge >= 0.3 is 5.97 Å². The maximum Gasteiger partial charge on any atom is 0.305 e. The van der Waals surface area contributed by atoms with Crippen LogP contribution in [0.25, 0.3) is 0 Å². The monoisotopic (exact) mass is 288 g/mol. The van der Waals surface area contributed by atoms with E-state index in [1.807, 2.05) is 18.2 Å². The van der Waals surface area contributed by atoms with Crippen LogP contribution in [0.3, 0.4) is 0 Å². The van der Waals surface area contributed by atoms with Gasteiger partial charge in [0.2, 0.25) is 0 Å². The standard InChI is InChI=1S/C18H24O3/c1-21-18(20)13-15-10-6-12-17(19)16(15)11-5-9-14-7-3-2-4-8-14/h2-4,7-8,15-16H,5-6,9-13H2,1H3/t15-,16-/m0/s1. The molecule has 2 rings (SSSR count). The first-order chi connectivity index (χ1) is 10.2. The van der Waals surface area contributed by atoms with E-state index < -0.39 is 0 Å². The van der Waals surface area contributed by atoms with Gasteiger partial charge in [0, 0.05) is 18.8 Å². The number of hydrogen-bond acceptors (Lipinski definition) is 3. The summed E-state index contributed by atoms with van der Waals surface area (Å²) in [6.45, 7) is 0. The van der Waals surface area contributed by atoms with Gasteiger partial charge in [0.1, 0.15) is 5.78 Å². The number of methoxy groups -OCH3 is 1. The molecule has 0 unspecified atom stereocenters. The first-order valence-electron chi connectivity index (χ1n) is 7.84. The van der Waals surface area contributed by atoms with Gasteiger partial charge in [-0.15, -0.1) is 0 Å². The Morgan fingerprint density at radius 2 is 2.05 bits per heavy atom. The summed E-state index contributed by atoms with van der Waals surface area (Å²) in [5.41, 5.74) is 1.31. The molecule has 0 heterocycles. The van der Waals surface area contributed by atoms with E-state index in [9.17, 15) is 9.59 Å². The second-order valence-electron chi connectivity index (χ2n) is 5.88. The Morgan fingerprint density at radius 1 is 1.29 bits per heavy atom. The molecule has 2 atom stereocenters. The topological polar surface area (TPSA) is 43.4 Å². The minimum absolute atomic E-state index is 0.0431. The Balaban J connectivity index is 1.87. The maximum absolute atomic E-state index is 12.2. The molecule has 0 spiro atoms. The lowest BCUT2D eigenvalue weighted by Crippen LogP contribution is -2.30. The molecule has 0 amide bonds. The van der Waals surface area contributed by atoms with Crippen LogP contribution in [0.5, 0.6) is 0 Å². The molecule has 1 aromatic rings. The Morgan fingerprint density at radius 3 is 2.76 bits per heavy atom. The molecule has 1 aliphatic rings. The van der Waals surface area contributed by atoms with E-state index in [1.165, 1.54) is 12.7 Å². The number of aryl methyl sites for hydroxylation is 1. The average Bonchev–Trinajstić information content (AvgIpc) is 2.51. The molecule has 1 aliphatic carbocycles. The van der Waals surface area contributed by atoms with Crippen LogP contribution in [0.4, 0.5) is 0 Å². The third-order valence-electron chi connectivity index (χ3n) is 4.46. The third kappa shape index (κ3) is 4.69. The van der Waals surface area contributed by atoms with Gasteiger partial charge in [-0.3, -0.25) is 9.59 Å². The van der Waals surface area contributed by atoms with Crippen LogP contribution in [-0.4, -0.2) is 18.9 Å². The van der Waals surface area contributed by atoms with E-state index in [2.05, 4.69) is 12.1 Å². The lowest BCUT2D eigenvalue weighted by Gasteiger charge is -2.29. The zero-order valence-corrected chi connectivity index (χ0v) is 12.7. The highest BCUT2D eigenvalue weighted by Crippen LogP contribution is 2.33. The predicted molar refractivity (Wildman–Crippen MR) is 81.9 cm³/mol. The van der Waals surface area contributed by atoms with E-state index >= 15 is 0 Å². The van der Waals surface area contributed by atoms with Crippen molar-refractivity contribution in [1.82, 2.24) is 0 Å². The number of rotatable bonds is 6. The van der Waals surface area contributed by atoms with Gasteiger partial charge in [0.15, 0.2) is 0 Å². The van der Waals surface area contributed by atoms with Crippen LogP contribution in [0, 0.1) is 11.8 Å². The van der Waals surface area contributed by atoms with Gasteiger partial charge in [0.25, 0.3) is 0 Å². The Bertz CT molecular complexity index is 467. The largest absolute Gasteiger partial charge is 0.469 e. The van der Waals surface area contributed by atoms with Gasteiger partial charge in [-0.05, 0) is 43.6 Å². The summed E-state index contributed by atoms with van der Waals surface area (Å²) in [5.74, 6) is 0.363. The van der Waals surface area contributed by atoms with Crippen molar-refractivity contribution in [2.75, 3.05) is 7.11 Å². The number of carbonyl (C=O) groups is 2. The predicted octanol–water partition coefficient (Wildman–Crippen LogP) is 3.56. The Labute approximate surface area is 126 Å². The molecular formula is C18H24O3. The van der Waals surface area contributed by atoms with Crippen molar-refractivity contribution in [3.63, 3.8) is 0 Å². The van der Waals surface area contributed by atoms with Gasteiger partial charge in [-0.2, -0.15) is 0 Å². The van der Waals surface area contributed by atoms with Gasteiger partial charge in [0.05, 0.1) is 7.11 Å². The SMILES string of the molecule is COC(=O)C[C@@H]1CCCC(=O)[C@H]1CCCc1ccccc1. The molecule has 0 radical (unpaired) electrons. The molecule has 114 valence electrons. The van der Waals surface area contributed by atoms with Crippen molar-refractivity contribution < 1.29 is 14.3 Å². The zero-order chi connectivity index (χ0) is 15.1. The first kappa shape index (κ1) is 15.7. The second-order valence-corrected chi connectivity index (χ2v) is 5.88.